The number of amides is 1. The van der Waals surface area contributed by atoms with Gasteiger partial charge in [0.1, 0.15) is 11.3 Å². The molecule has 1 atom stereocenters. The summed E-state index contributed by atoms with van der Waals surface area (Å²) in [6.45, 7) is 3.55. The molecule has 0 aliphatic heterocycles. The van der Waals surface area contributed by atoms with Crippen LogP contribution < -0.4 is 5.32 Å². The number of aryl methyl sites for hydroxylation is 2. The third-order valence-electron chi connectivity index (χ3n) is 2.48. The van der Waals surface area contributed by atoms with Crippen LogP contribution in [0, 0.1) is 6.92 Å². The summed E-state index contributed by atoms with van der Waals surface area (Å²) in [5.41, 5.74) is 0.936. The van der Waals surface area contributed by atoms with Gasteiger partial charge in [0.05, 0.1) is 5.69 Å². The molecule has 1 aromatic heterocycles. The van der Waals surface area contributed by atoms with E-state index in [1.54, 1.807) is 6.92 Å². The van der Waals surface area contributed by atoms with Crippen molar-refractivity contribution in [2.24, 2.45) is 0 Å². The fraction of sp³-hybridized carbons (Fsp3) is 0.545. The standard InChI is InChI=1S/C11H16N2O5/c1-3-7-9(6(2)18-13-7)10(15)12-5-4-8(14)11(16)17/h8,14H,3-5H2,1-2H3,(H,12,15)(H,16,17)/t8-/m0/s1. The minimum Gasteiger partial charge on any atom is -0.479 e. The van der Waals surface area contributed by atoms with E-state index in [9.17, 15) is 9.59 Å². The zero-order valence-corrected chi connectivity index (χ0v) is 10.3. The molecule has 0 saturated carbocycles. The second-order valence-electron chi connectivity index (χ2n) is 3.81. The molecule has 3 N–H and O–H groups in total. The lowest BCUT2D eigenvalue weighted by atomic mass is 10.1. The van der Waals surface area contributed by atoms with E-state index in [0.717, 1.165) is 0 Å². The average Bonchev–Trinajstić information content (AvgIpc) is 2.69. The first-order chi connectivity index (χ1) is 8.47. The van der Waals surface area contributed by atoms with Gasteiger partial charge in [-0.1, -0.05) is 12.1 Å². The molecule has 0 bridgehead atoms. The highest BCUT2D eigenvalue weighted by Crippen LogP contribution is 2.13. The number of aliphatic hydroxyl groups is 1. The quantitative estimate of drug-likeness (QED) is 0.666. The van der Waals surface area contributed by atoms with E-state index in [0.29, 0.717) is 23.4 Å². The molecular weight excluding hydrogens is 240 g/mol. The maximum absolute atomic E-state index is 11.8. The van der Waals surface area contributed by atoms with Crippen molar-refractivity contribution < 1.29 is 24.3 Å². The van der Waals surface area contributed by atoms with Crippen LogP contribution in [0.5, 0.6) is 0 Å². The van der Waals surface area contributed by atoms with Gasteiger partial charge in [0.15, 0.2) is 6.10 Å². The molecule has 1 rings (SSSR count). The normalized spacial score (nSPS) is 12.2. The number of carbonyl (C=O) groups is 2. The largest absolute Gasteiger partial charge is 0.479 e. The number of rotatable bonds is 6. The lowest BCUT2D eigenvalue weighted by Gasteiger charge is -2.07. The predicted molar refractivity (Wildman–Crippen MR) is 61.2 cm³/mol. The Bertz CT molecular complexity index is 441. The van der Waals surface area contributed by atoms with E-state index < -0.39 is 12.1 Å². The molecule has 0 unspecified atom stereocenters. The van der Waals surface area contributed by atoms with E-state index in [-0.39, 0.29) is 18.9 Å². The topological polar surface area (TPSA) is 113 Å². The van der Waals surface area contributed by atoms with Gasteiger partial charge in [0.25, 0.3) is 5.91 Å². The second kappa shape index (κ2) is 6.15. The molecule has 100 valence electrons. The third kappa shape index (κ3) is 3.30. The second-order valence-corrected chi connectivity index (χ2v) is 3.81. The van der Waals surface area contributed by atoms with Crippen LogP contribution in [0.4, 0.5) is 0 Å². The Morgan fingerprint density at radius 3 is 2.72 bits per heavy atom. The smallest absolute Gasteiger partial charge is 0.332 e. The van der Waals surface area contributed by atoms with Gasteiger partial charge in [0.2, 0.25) is 0 Å². The molecule has 0 aliphatic carbocycles. The Hall–Kier alpha value is -1.89. The molecule has 1 heterocycles. The summed E-state index contributed by atoms with van der Waals surface area (Å²) in [5.74, 6) is -1.26. The number of hydrogen-bond acceptors (Lipinski definition) is 5. The fourth-order valence-electron chi connectivity index (χ4n) is 1.48. The summed E-state index contributed by atoms with van der Waals surface area (Å²) < 4.78 is 4.92. The van der Waals surface area contributed by atoms with Crippen LogP contribution >= 0.6 is 0 Å². The first-order valence-corrected chi connectivity index (χ1v) is 5.61. The minimum atomic E-state index is -1.47. The summed E-state index contributed by atoms with van der Waals surface area (Å²) in [5, 5.41) is 23.8. The number of carbonyl (C=O) groups excluding carboxylic acids is 1. The van der Waals surface area contributed by atoms with Crippen LogP contribution in [-0.4, -0.2) is 39.9 Å². The van der Waals surface area contributed by atoms with Gasteiger partial charge in [-0.25, -0.2) is 4.79 Å². The first-order valence-electron chi connectivity index (χ1n) is 5.61. The molecular formula is C11H16N2O5. The van der Waals surface area contributed by atoms with Gasteiger partial charge in [-0.2, -0.15) is 0 Å². The zero-order chi connectivity index (χ0) is 13.7. The summed E-state index contributed by atoms with van der Waals surface area (Å²) in [4.78, 5) is 22.2. The fourth-order valence-corrected chi connectivity index (χ4v) is 1.48. The predicted octanol–water partition coefficient (Wildman–Crippen LogP) is 0.111. The van der Waals surface area contributed by atoms with E-state index in [2.05, 4.69) is 10.5 Å². The summed E-state index contributed by atoms with van der Waals surface area (Å²) in [6, 6.07) is 0. The Morgan fingerprint density at radius 2 is 2.17 bits per heavy atom. The van der Waals surface area contributed by atoms with E-state index in [4.69, 9.17) is 14.7 Å². The van der Waals surface area contributed by atoms with Crippen molar-refractivity contribution in [1.29, 1.82) is 0 Å². The lowest BCUT2D eigenvalue weighted by Crippen LogP contribution is -2.30. The molecule has 0 saturated heterocycles. The van der Waals surface area contributed by atoms with Crippen molar-refractivity contribution in [2.45, 2.75) is 32.8 Å². The number of carboxylic acid groups (broad SMARTS) is 1. The van der Waals surface area contributed by atoms with Crippen LogP contribution in [0.15, 0.2) is 4.52 Å². The summed E-state index contributed by atoms with van der Waals surface area (Å²) in [7, 11) is 0. The molecule has 18 heavy (non-hydrogen) atoms. The molecule has 1 amide bonds. The van der Waals surface area contributed by atoms with Gasteiger partial charge in [-0.05, 0) is 13.3 Å². The van der Waals surface area contributed by atoms with Crippen LogP contribution in [0.25, 0.3) is 0 Å². The highest BCUT2D eigenvalue weighted by atomic mass is 16.5. The highest BCUT2D eigenvalue weighted by Gasteiger charge is 2.19. The molecule has 7 nitrogen and oxygen atoms in total. The Labute approximate surface area is 104 Å². The molecule has 1 aromatic rings. The number of aromatic nitrogens is 1. The third-order valence-corrected chi connectivity index (χ3v) is 2.48. The zero-order valence-electron chi connectivity index (χ0n) is 10.3. The SMILES string of the molecule is CCc1noc(C)c1C(=O)NCC[C@H](O)C(=O)O. The van der Waals surface area contributed by atoms with Crippen LogP contribution in [0.2, 0.25) is 0 Å². The molecule has 0 fully saturated rings. The van der Waals surface area contributed by atoms with E-state index in [1.165, 1.54) is 0 Å². The molecule has 0 spiro atoms. The molecule has 0 aromatic carbocycles. The monoisotopic (exact) mass is 256 g/mol. The van der Waals surface area contributed by atoms with Crippen LogP contribution in [0.3, 0.4) is 0 Å². The number of aliphatic carboxylic acids is 1. The average molecular weight is 256 g/mol. The molecule has 0 aliphatic rings. The number of hydrogen-bond donors (Lipinski definition) is 3. The Kier molecular flexibility index (Phi) is 4.85. The Balaban J connectivity index is 2.55. The molecule has 7 heteroatoms. The van der Waals surface area contributed by atoms with Gasteiger partial charge in [-0.15, -0.1) is 0 Å². The summed E-state index contributed by atoms with van der Waals surface area (Å²) >= 11 is 0. The van der Waals surface area contributed by atoms with Crippen LogP contribution in [-0.2, 0) is 11.2 Å². The van der Waals surface area contributed by atoms with E-state index in [1.807, 2.05) is 6.92 Å². The lowest BCUT2D eigenvalue weighted by molar-refractivity contribution is -0.146. The van der Waals surface area contributed by atoms with Crippen molar-refractivity contribution in [3.63, 3.8) is 0 Å². The van der Waals surface area contributed by atoms with Gasteiger partial charge < -0.3 is 20.1 Å². The van der Waals surface area contributed by atoms with Gasteiger partial charge in [-0.3, -0.25) is 4.79 Å². The summed E-state index contributed by atoms with van der Waals surface area (Å²) in [6.07, 6.45) is -0.954. The highest BCUT2D eigenvalue weighted by molar-refractivity contribution is 5.96. The minimum absolute atomic E-state index is 0.0488. The van der Waals surface area contributed by atoms with Crippen molar-refractivity contribution in [3.05, 3.63) is 17.0 Å². The Morgan fingerprint density at radius 1 is 1.50 bits per heavy atom. The number of carboxylic acids is 1. The number of aliphatic hydroxyl groups excluding tert-OH is 1. The maximum Gasteiger partial charge on any atom is 0.332 e. The molecule has 0 radical (unpaired) electrons. The number of nitrogens with zero attached hydrogens (tertiary/aromatic N) is 1. The number of nitrogens with one attached hydrogen (secondary N) is 1. The van der Waals surface area contributed by atoms with Crippen molar-refractivity contribution in [3.8, 4) is 0 Å². The van der Waals surface area contributed by atoms with Crippen molar-refractivity contribution >= 4 is 11.9 Å². The maximum atomic E-state index is 11.8. The van der Waals surface area contributed by atoms with Crippen LogP contribution in [0.1, 0.15) is 35.2 Å². The van der Waals surface area contributed by atoms with Gasteiger partial charge >= 0.3 is 5.97 Å². The van der Waals surface area contributed by atoms with Crippen molar-refractivity contribution in [2.75, 3.05) is 6.54 Å². The van der Waals surface area contributed by atoms with Crippen molar-refractivity contribution in [1.82, 2.24) is 10.5 Å². The van der Waals surface area contributed by atoms with Gasteiger partial charge in [0, 0.05) is 13.0 Å². The van der Waals surface area contributed by atoms with E-state index >= 15 is 0 Å². The first kappa shape index (κ1) is 14.2.